The van der Waals surface area contributed by atoms with Gasteiger partial charge in [-0.2, -0.15) is 0 Å². The predicted molar refractivity (Wildman–Crippen MR) is 278 cm³/mol. The first kappa shape index (κ1) is 52.7. The minimum Gasteiger partial charge on any atom is -0.411 e. The molecular weight excluding hydrogens is 901 g/mol. The van der Waals surface area contributed by atoms with Gasteiger partial charge in [0.05, 0.1) is 79.4 Å². The Labute approximate surface area is 419 Å². The third kappa shape index (κ3) is 12.1. The van der Waals surface area contributed by atoms with Crippen LogP contribution < -0.4 is 0 Å². The lowest BCUT2D eigenvalue weighted by Gasteiger charge is -2.59. The van der Waals surface area contributed by atoms with Crippen LogP contribution in [0.15, 0.2) is 120 Å². The highest BCUT2D eigenvalue weighted by molar-refractivity contribution is 7.99. The monoisotopic (exact) mass is 983 g/mol. The summed E-state index contributed by atoms with van der Waals surface area (Å²) >= 11 is 1.76. The first-order valence-electron chi connectivity index (χ1n) is 25.7. The number of rotatable bonds is 18. The Kier molecular flexibility index (Phi) is 16.4. The molecule has 0 bridgehead atoms. The SMILES string of the molecule is C=C[C@@]1(C)O[C@@]2(C)C[C@@H](OCc3ccccc3)[C@](C)(CCOCc3ccccc3)O[C@@H]2C[C@@H]1OC(Sc1ccccc1)[C@H](C)C[C@@H]1O[C@@H]2C[C@@H]3OCC=C(C)[C@H]3O[C@@]2(C)C[C@H]1O[Si](C)(C)C(C)(C)C. The van der Waals surface area contributed by atoms with Gasteiger partial charge in [-0.25, -0.2) is 0 Å². The van der Waals surface area contributed by atoms with Crippen LogP contribution in [0.4, 0.5) is 0 Å². The number of fused-ring (bicyclic) bond motifs is 3. The molecule has 0 aliphatic carbocycles. The Balaban J connectivity index is 1.04. The first-order valence-corrected chi connectivity index (χ1v) is 29.5. The molecule has 5 aliphatic rings. The van der Waals surface area contributed by atoms with Crippen LogP contribution in [-0.4, -0.2) is 98.2 Å². The molecule has 14 atom stereocenters. The molecule has 0 aromatic heterocycles. The third-order valence-corrected chi connectivity index (χ3v) is 22.3. The summed E-state index contributed by atoms with van der Waals surface area (Å²) in [6.45, 7) is 31.4. The van der Waals surface area contributed by atoms with Gasteiger partial charge in [0.15, 0.2) is 8.32 Å². The summed E-state index contributed by atoms with van der Waals surface area (Å²) in [6, 6.07) is 31.3. The van der Waals surface area contributed by atoms with Gasteiger partial charge in [-0.15, -0.1) is 6.58 Å². The van der Waals surface area contributed by atoms with Crippen molar-refractivity contribution in [3.8, 4) is 0 Å². The van der Waals surface area contributed by atoms with E-state index in [0.717, 1.165) is 35.3 Å². The second-order valence-electron chi connectivity index (χ2n) is 23.1. The van der Waals surface area contributed by atoms with E-state index in [9.17, 15) is 0 Å². The highest BCUT2D eigenvalue weighted by Gasteiger charge is 2.61. The van der Waals surface area contributed by atoms with E-state index < -0.39 is 30.7 Å². The molecule has 11 heteroatoms. The molecule has 5 heterocycles. The van der Waals surface area contributed by atoms with E-state index in [1.807, 2.05) is 30.3 Å². The summed E-state index contributed by atoms with van der Waals surface area (Å²) < 4.78 is 63.4. The van der Waals surface area contributed by atoms with Gasteiger partial charge in [0.25, 0.3) is 0 Å². The van der Waals surface area contributed by atoms with E-state index in [2.05, 4.69) is 155 Å². The minimum atomic E-state index is -2.23. The molecule has 69 heavy (non-hydrogen) atoms. The van der Waals surface area contributed by atoms with Crippen molar-refractivity contribution in [2.75, 3.05) is 13.2 Å². The van der Waals surface area contributed by atoms with E-state index in [1.165, 1.54) is 5.57 Å². The molecule has 0 amide bonds. The van der Waals surface area contributed by atoms with Crippen LogP contribution in [0.2, 0.25) is 18.1 Å². The summed E-state index contributed by atoms with van der Waals surface area (Å²) in [6.07, 6.45) is 6.85. The van der Waals surface area contributed by atoms with Crippen LogP contribution in [0.25, 0.3) is 0 Å². The molecule has 8 rings (SSSR count). The Morgan fingerprint density at radius 1 is 0.826 bits per heavy atom. The largest absolute Gasteiger partial charge is 0.411 e. The molecule has 4 saturated heterocycles. The second-order valence-corrected chi connectivity index (χ2v) is 29.0. The lowest BCUT2D eigenvalue weighted by Crippen LogP contribution is -2.69. The van der Waals surface area contributed by atoms with Gasteiger partial charge in [-0.05, 0) is 93.9 Å². The van der Waals surface area contributed by atoms with Crippen molar-refractivity contribution in [2.24, 2.45) is 5.92 Å². The molecule has 3 aromatic rings. The Morgan fingerprint density at radius 2 is 1.48 bits per heavy atom. The van der Waals surface area contributed by atoms with Gasteiger partial charge in [0.1, 0.15) is 17.1 Å². The molecule has 378 valence electrons. The van der Waals surface area contributed by atoms with E-state index in [0.29, 0.717) is 45.7 Å². The summed E-state index contributed by atoms with van der Waals surface area (Å²) in [4.78, 5) is 1.14. The zero-order valence-corrected chi connectivity index (χ0v) is 45.3. The second kappa shape index (κ2) is 21.4. The van der Waals surface area contributed by atoms with Crippen molar-refractivity contribution in [3.05, 3.63) is 126 Å². The fourth-order valence-electron chi connectivity index (χ4n) is 10.9. The fraction of sp³-hybridized carbons (Fsp3) is 0.621. The van der Waals surface area contributed by atoms with Gasteiger partial charge in [0.2, 0.25) is 0 Å². The zero-order valence-electron chi connectivity index (χ0n) is 43.4. The van der Waals surface area contributed by atoms with Crippen molar-refractivity contribution in [1.29, 1.82) is 0 Å². The van der Waals surface area contributed by atoms with Gasteiger partial charge in [-0.1, -0.05) is 130 Å². The maximum absolute atomic E-state index is 7.54. The fourth-order valence-corrected chi connectivity index (χ4v) is 13.4. The molecule has 5 aliphatic heterocycles. The molecule has 9 nitrogen and oxygen atoms in total. The van der Waals surface area contributed by atoms with Crippen molar-refractivity contribution in [2.45, 2.75) is 214 Å². The van der Waals surface area contributed by atoms with E-state index in [-0.39, 0.29) is 65.2 Å². The number of ether oxygens (including phenoxy) is 8. The summed E-state index contributed by atoms with van der Waals surface area (Å²) in [5.41, 5.74) is 0.597. The highest BCUT2D eigenvalue weighted by atomic mass is 32.2. The Bertz CT molecular complexity index is 2170. The molecule has 0 spiro atoms. The van der Waals surface area contributed by atoms with Gasteiger partial charge >= 0.3 is 0 Å². The summed E-state index contributed by atoms with van der Waals surface area (Å²) in [5, 5.41) is 0.0237. The molecule has 1 unspecified atom stereocenters. The predicted octanol–water partition coefficient (Wildman–Crippen LogP) is 12.8. The van der Waals surface area contributed by atoms with Crippen LogP contribution in [0.3, 0.4) is 0 Å². The normalized spacial score (nSPS) is 35.7. The standard InChI is InChI=1S/C58H82O9SSi/c1-13-55(7)49(35-50-58(10,67-55)37-51(61-39-43-25-19-15-20-26-43)56(8,64-50)30-32-59-38-42-23-17-14-18-24-42)63-53(68-44-27-21-16-22-28-44)41(3)33-45-47(66-69(11,12)54(4,5)6)36-57(9)48(62-45)34-46-52(65-57)40(2)29-31-60-46/h13-29,41,45-53H,1,30-39H2,2-12H3/t41-,45+,46+,47-,48-,49+,50-,51-,52-,53?,55-,56+,57+,58+/m1/s1. The van der Waals surface area contributed by atoms with Crippen LogP contribution in [0, 0.1) is 5.92 Å². The van der Waals surface area contributed by atoms with E-state index in [1.54, 1.807) is 11.8 Å². The molecule has 4 fully saturated rings. The Morgan fingerprint density at radius 3 is 2.13 bits per heavy atom. The lowest BCUT2D eigenvalue weighted by molar-refractivity contribution is -0.336. The van der Waals surface area contributed by atoms with Gasteiger partial charge in [0, 0.05) is 43.6 Å². The smallest absolute Gasteiger partial charge is 0.192 e. The third-order valence-electron chi connectivity index (χ3n) is 16.4. The maximum Gasteiger partial charge on any atom is 0.192 e. The van der Waals surface area contributed by atoms with E-state index in [4.69, 9.17) is 42.3 Å². The van der Waals surface area contributed by atoms with Crippen LogP contribution in [0.5, 0.6) is 0 Å². The molecular formula is C58H82O9SSi. The van der Waals surface area contributed by atoms with Crippen molar-refractivity contribution in [1.82, 2.24) is 0 Å². The maximum atomic E-state index is 7.54. The molecule has 0 N–H and O–H groups in total. The lowest BCUT2D eigenvalue weighted by atomic mass is 9.73. The molecule has 0 radical (unpaired) electrons. The number of hydrogen-bond acceptors (Lipinski definition) is 10. The van der Waals surface area contributed by atoms with Gasteiger partial charge < -0.3 is 42.3 Å². The van der Waals surface area contributed by atoms with Crippen LogP contribution in [-0.2, 0) is 55.5 Å². The number of hydrogen-bond donors (Lipinski definition) is 0. The van der Waals surface area contributed by atoms with Crippen molar-refractivity contribution >= 4 is 20.1 Å². The zero-order chi connectivity index (χ0) is 49.2. The Hall–Kier alpha value is -2.65. The van der Waals surface area contributed by atoms with Crippen LogP contribution in [0.1, 0.15) is 112 Å². The first-order chi connectivity index (χ1) is 32.7. The molecule has 3 aromatic carbocycles. The number of thioether (sulfide) groups is 1. The average molecular weight is 983 g/mol. The summed E-state index contributed by atoms with van der Waals surface area (Å²) in [7, 11) is -2.23. The van der Waals surface area contributed by atoms with Crippen LogP contribution >= 0.6 is 11.8 Å². The minimum absolute atomic E-state index is 0.0237. The number of benzene rings is 3. The van der Waals surface area contributed by atoms with E-state index >= 15 is 0 Å². The highest BCUT2D eigenvalue weighted by Crippen LogP contribution is 2.52. The quantitative estimate of drug-likeness (QED) is 0.0404. The molecule has 0 saturated carbocycles. The van der Waals surface area contributed by atoms with Crippen molar-refractivity contribution in [3.63, 3.8) is 0 Å². The topological polar surface area (TPSA) is 83.1 Å². The van der Waals surface area contributed by atoms with Crippen molar-refractivity contribution < 1.29 is 42.3 Å². The van der Waals surface area contributed by atoms with Gasteiger partial charge in [-0.3, -0.25) is 0 Å². The average Bonchev–Trinajstić information content (AvgIpc) is 3.30. The summed E-state index contributed by atoms with van der Waals surface area (Å²) in [5.74, 6) is 0.0425.